The van der Waals surface area contributed by atoms with Gasteiger partial charge in [0.05, 0.1) is 0 Å². The molecule has 88 valence electrons. The smallest absolute Gasteiger partial charge is 0.289 e. The summed E-state index contributed by atoms with van der Waals surface area (Å²) in [6, 6.07) is 0. The number of quaternary nitrogens is 1. The standard InChI is InChI=1S/C6H8N9PS/c7-1-8-4-13-16(17,14-5-9-2-11-14)15-6-10-3-12-15/h1-6H,(H2,7,8,13,17)/p+1. The zero-order valence-electron chi connectivity index (χ0n) is 8.53. The number of aliphatic imine (C=N–C) groups is 1. The molecule has 0 spiro atoms. The fourth-order valence-electron chi connectivity index (χ4n) is 1.10. The zero-order valence-corrected chi connectivity index (χ0v) is 10.2. The zero-order chi connectivity index (χ0) is 12.1. The minimum absolute atomic E-state index is 0.929. The molecular formula is C6H9N9PS+. The second-order valence-corrected chi connectivity index (χ2v) is 6.71. The van der Waals surface area contributed by atoms with Crippen LogP contribution in [0.2, 0.25) is 0 Å². The van der Waals surface area contributed by atoms with Crippen molar-refractivity contribution in [3.05, 3.63) is 25.3 Å². The van der Waals surface area contributed by atoms with Crippen LogP contribution in [0.25, 0.3) is 0 Å². The minimum Gasteiger partial charge on any atom is -0.289 e. The number of aromatic nitrogens is 6. The Morgan fingerprint density at radius 1 is 1.24 bits per heavy atom. The van der Waals surface area contributed by atoms with Crippen molar-refractivity contribution in [3.8, 4) is 0 Å². The SMILES string of the molecule is N=CN=C[NH2+]P(=S)(n1cncn1)n1cncn1. The maximum Gasteiger partial charge on any atom is 0.354 e. The van der Waals surface area contributed by atoms with Gasteiger partial charge >= 0.3 is 6.49 Å². The van der Waals surface area contributed by atoms with E-state index in [9.17, 15) is 0 Å². The van der Waals surface area contributed by atoms with Gasteiger partial charge < -0.3 is 0 Å². The molecule has 9 nitrogen and oxygen atoms in total. The predicted molar refractivity (Wildman–Crippen MR) is 64.3 cm³/mol. The molecule has 0 bridgehead atoms. The lowest BCUT2D eigenvalue weighted by atomic mass is 11.2. The normalized spacial score (nSPS) is 12.0. The first-order valence-corrected chi connectivity index (χ1v) is 7.22. The van der Waals surface area contributed by atoms with Crippen LogP contribution in [-0.4, -0.2) is 41.7 Å². The average molecular weight is 270 g/mol. The van der Waals surface area contributed by atoms with Crippen LogP contribution in [0.5, 0.6) is 0 Å². The topological polar surface area (TPSA) is 114 Å². The van der Waals surface area contributed by atoms with Gasteiger partial charge in [0.1, 0.15) is 31.6 Å². The highest BCUT2D eigenvalue weighted by molar-refractivity contribution is 8.09. The van der Waals surface area contributed by atoms with Gasteiger partial charge in [0.2, 0.25) is 0 Å². The van der Waals surface area contributed by atoms with Crippen molar-refractivity contribution in [3.63, 3.8) is 0 Å². The largest absolute Gasteiger partial charge is 0.354 e. The molecule has 11 heteroatoms. The molecule has 0 amide bonds. The molecule has 17 heavy (non-hydrogen) atoms. The maximum atomic E-state index is 6.83. The van der Waals surface area contributed by atoms with E-state index in [-0.39, 0.29) is 0 Å². The van der Waals surface area contributed by atoms with E-state index in [0.717, 1.165) is 6.34 Å². The summed E-state index contributed by atoms with van der Waals surface area (Å²) in [7, 11) is 0. The average Bonchev–Trinajstić information content (AvgIpc) is 3.02. The van der Waals surface area contributed by atoms with Gasteiger partial charge in [0, 0.05) is 11.8 Å². The lowest BCUT2D eigenvalue weighted by Crippen LogP contribution is -2.79. The summed E-state index contributed by atoms with van der Waals surface area (Å²) >= 11 is 5.57. The van der Waals surface area contributed by atoms with Gasteiger partial charge in [-0.1, -0.05) is 0 Å². The number of nitrogens with zero attached hydrogens (tertiary/aromatic N) is 7. The van der Waals surface area contributed by atoms with Crippen LogP contribution in [-0.2, 0) is 11.8 Å². The number of rotatable bonds is 5. The highest BCUT2D eigenvalue weighted by Gasteiger charge is 2.27. The van der Waals surface area contributed by atoms with E-state index in [2.05, 4.69) is 25.2 Å². The summed E-state index contributed by atoms with van der Waals surface area (Å²) in [4.78, 5) is 11.4. The molecule has 3 N–H and O–H groups in total. The van der Waals surface area contributed by atoms with Crippen molar-refractivity contribution in [1.82, 2.24) is 29.1 Å². The van der Waals surface area contributed by atoms with E-state index in [1.807, 2.05) is 0 Å². The Morgan fingerprint density at radius 2 is 1.82 bits per heavy atom. The van der Waals surface area contributed by atoms with E-state index in [4.69, 9.17) is 17.2 Å². The molecule has 0 saturated carbocycles. The van der Waals surface area contributed by atoms with Crippen molar-refractivity contribution in [2.24, 2.45) is 4.99 Å². The predicted octanol–water partition coefficient (Wildman–Crippen LogP) is -1.31. The Hall–Kier alpha value is -1.77. The van der Waals surface area contributed by atoms with Crippen LogP contribution in [0.3, 0.4) is 0 Å². The molecule has 0 radical (unpaired) electrons. The molecule has 2 rings (SSSR count). The molecule has 0 aliphatic carbocycles. The number of hydrogen-bond acceptors (Lipinski definition) is 6. The Morgan fingerprint density at radius 3 is 2.24 bits per heavy atom. The van der Waals surface area contributed by atoms with Gasteiger partial charge in [0.15, 0.2) is 6.34 Å². The third-order valence-corrected chi connectivity index (χ3v) is 5.30. The van der Waals surface area contributed by atoms with Gasteiger partial charge in [-0.2, -0.15) is 13.9 Å². The molecule has 2 heterocycles. The van der Waals surface area contributed by atoms with Gasteiger partial charge in [-0.05, 0) is 0 Å². The minimum atomic E-state index is -2.42. The maximum absolute atomic E-state index is 6.83. The van der Waals surface area contributed by atoms with Crippen LogP contribution < -0.4 is 5.09 Å². The van der Waals surface area contributed by atoms with Crippen molar-refractivity contribution < 1.29 is 5.09 Å². The van der Waals surface area contributed by atoms with E-state index < -0.39 is 6.49 Å². The second kappa shape index (κ2) is 5.04. The molecule has 0 aliphatic rings. The fourth-order valence-corrected chi connectivity index (χ4v) is 3.28. The molecule has 0 unspecified atom stereocenters. The quantitative estimate of drug-likeness (QED) is 0.398. The number of nitrogens with two attached hydrogens (primary N) is 1. The molecule has 2 aromatic rings. The molecule has 0 aliphatic heterocycles. The first-order valence-electron chi connectivity index (χ1n) is 4.44. The van der Waals surface area contributed by atoms with Gasteiger partial charge in [-0.25, -0.2) is 15.1 Å². The van der Waals surface area contributed by atoms with E-state index in [1.165, 1.54) is 31.6 Å². The highest BCUT2D eigenvalue weighted by Crippen LogP contribution is 2.34. The summed E-state index contributed by atoms with van der Waals surface area (Å²) in [5, 5.41) is 16.6. The lowest BCUT2D eigenvalue weighted by Gasteiger charge is -2.15. The summed E-state index contributed by atoms with van der Waals surface area (Å²) in [5.41, 5.74) is 0. The van der Waals surface area contributed by atoms with Crippen LogP contribution in [0, 0.1) is 5.41 Å². The monoisotopic (exact) mass is 270 g/mol. The number of hydrogen-bond donors (Lipinski definition) is 2. The van der Waals surface area contributed by atoms with E-state index in [1.54, 1.807) is 14.0 Å². The Bertz CT molecular complexity index is 506. The summed E-state index contributed by atoms with van der Waals surface area (Å²) in [5.74, 6) is 0. The summed E-state index contributed by atoms with van der Waals surface area (Å²) < 4.78 is 3.10. The third-order valence-electron chi connectivity index (χ3n) is 1.82. The molecule has 0 aromatic carbocycles. The van der Waals surface area contributed by atoms with Crippen molar-refractivity contribution in [2.45, 2.75) is 0 Å². The van der Waals surface area contributed by atoms with Crippen LogP contribution in [0.1, 0.15) is 0 Å². The van der Waals surface area contributed by atoms with Gasteiger partial charge in [-0.3, -0.25) is 5.41 Å². The summed E-state index contributed by atoms with van der Waals surface area (Å²) in [6.45, 7) is -2.42. The Kier molecular flexibility index (Phi) is 3.47. The fraction of sp³-hybridized carbons (Fsp3) is 0. The molecule has 2 aromatic heterocycles. The Balaban J connectivity index is 2.40. The lowest BCUT2D eigenvalue weighted by molar-refractivity contribution is -0.353. The van der Waals surface area contributed by atoms with E-state index >= 15 is 0 Å². The van der Waals surface area contributed by atoms with E-state index in [0.29, 0.717) is 0 Å². The van der Waals surface area contributed by atoms with Gasteiger partial charge in [-0.15, -0.1) is 10.2 Å². The molecular weight excluding hydrogens is 261 g/mol. The van der Waals surface area contributed by atoms with Crippen LogP contribution in [0.4, 0.5) is 0 Å². The number of nitrogens with one attached hydrogen (secondary N) is 1. The van der Waals surface area contributed by atoms with Crippen LogP contribution in [0.15, 0.2) is 30.3 Å². The first-order chi connectivity index (χ1) is 8.27. The van der Waals surface area contributed by atoms with Gasteiger partial charge in [0.25, 0.3) is 0 Å². The first kappa shape index (κ1) is 11.7. The summed E-state index contributed by atoms with van der Waals surface area (Å²) in [6.07, 6.45) is 8.24. The molecule has 0 saturated heterocycles. The molecule has 0 fully saturated rings. The van der Waals surface area contributed by atoms with Crippen molar-refractivity contribution >= 4 is 31.0 Å². The Labute approximate surface area is 101 Å². The highest BCUT2D eigenvalue weighted by atomic mass is 32.4. The van der Waals surface area contributed by atoms with Crippen molar-refractivity contribution in [2.75, 3.05) is 0 Å². The van der Waals surface area contributed by atoms with Crippen molar-refractivity contribution in [1.29, 1.82) is 5.41 Å². The van der Waals surface area contributed by atoms with Crippen LogP contribution >= 0.6 is 6.49 Å². The third kappa shape index (κ3) is 2.33. The second-order valence-electron chi connectivity index (χ2n) is 2.80. The molecule has 0 atom stereocenters.